The number of nitrogens with one attached hydrogen (secondary N) is 1. The van der Waals surface area contributed by atoms with Crippen LogP contribution in [0.25, 0.3) is 0 Å². The SMILES string of the molecule is CCCC[C@H](N)C(=O)NS(=O)(=O)C(C)C. The van der Waals surface area contributed by atoms with Crippen LogP contribution in [0.2, 0.25) is 0 Å². The summed E-state index contributed by atoms with van der Waals surface area (Å²) in [6.45, 7) is 5.00. The summed E-state index contributed by atoms with van der Waals surface area (Å²) < 4.78 is 24.6. The topological polar surface area (TPSA) is 89.3 Å². The molecule has 0 rings (SSSR count). The van der Waals surface area contributed by atoms with Crippen molar-refractivity contribution >= 4 is 15.9 Å². The fraction of sp³-hybridized carbons (Fsp3) is 0.889. The maximum absolute atomic E-state index is 11.4. The second-order valence-corrected chi connectivity index (χ2v) is 6.05. The Kier molecular flexibility index (Phi) is 5.82. The average molecular weight is 236 g/mol. The first-order valence-electron chi connectivity index (χ1n) is 5.12. The van der Waals surface area contributed by atoms with E-state index in [2.05, 4.69) is 0 Å². The molecule has 90 valence electrons. The predicted octanol–water partition coefficient (Wildman–Crippen LogP) is 0.358. The molecule has 0 aromatic rings. The lowest BCUT2D eigenvalue weighted by Crippen LogP contribution is -2.45. The molecule has 0 aromatic carbocycles. The fourth-order valence-electron chi connectivity index (χ4n) is 0.889. The lowest BCUT2D eigenvalue weighted by Gasteiger charge is -2.13. The number of nitrogens with two attached hydrogens (primary N) is 1. The first kappa shape index (κ1) is 14.4. The van der Waals surface area contributed by atoms with Crippen molar-refractivity contribution in [2.45, 2.75) is 51.3 Å². The molecule has 15 heavy (non-hydrogen) atoms. The summed E-state index contributed by atoms with van der Waals surface area (Å²) >= 11 is 0. The molecule has 1 amide bonds. The van der Waals surface area contributed by atoms with E-state index in [0.717, 1.165) is 12.8 Å². The third-order valence-electron chi connectivity index (χ3n) is 2.07. The van der Waals surface area contributed by atoms with Crippen molar-refractivity contribution < 1.29 is 13.2 Å². The summed E-state index contributed by atoms with van der Waals surface area (Å²) in [5.74, 6) is -0.614. The first-order valence-corrected chi connectivity index (χ1v) is 6.67. The van der Waals surface area contributed by atoms with Gasteiger partial charge in [-0.3, -0.25) is 9.52 Å². The van der Waals surface area contributed by atoms with Crippen LogP contribution in [0.3, 0.4) is 0 Å². The summed E-state index contributed by atoms with van der Waals surface area (Å²) in [5, 5.41) is -0.625. The Morgan fingerprint density at radius 1 is 1.40 bits per heavy atom. The number of unbranched alkanes of at least 4 members (excludes halogenated alkanes) is 1. The first-order chi connectivity index (χ1) is 6.81. The highest BCUT2D eigenvalue weighted by molar-refractivity contribution is 7.90. The highest BCUT2D eigenvalue weighted by Gasteiger charge is 2.22. The van der Waals surface area contributed by atoms with Gasteiger partial charge in [0.1, 0.15) is 0 Å². The van der Waals surface area contributed by atoms with Crippen LogP contribution < -0.4 is 10.5 Å². The fourth-order valence-corrected chi connectivity index (χ4v) is 1.56. The maximum Gasteiger partial charge on any atom is 0.250 e. The Morgan fingerprint density at radius 2 is 1.93 bits per heavy atom. The van der Waals surface area contributed by atoms with Gasteiger partial charge in [-0.05, 0) is 20.3 Å². The lowest BCUT2D eigenvalue weighted by molar-refractivity contribution is -0.120. The van der Waals surface area contributed by atoms with Gasteiger partial charge in [-0.1, -0.05) is 19.8 Å². The van der Waals surface area contributed by atoms with Crippen molar-refractivity contribution in [3.63, 3.8) is 0 Å². The molecule has 0 saturated carbocycles. The standard InChI is InChI=1S/C9H20N2O3S/c1-4-5-6-8(10)9(12)11-15(13,14)7(2)3/h7-8H,4-6,10H2,1-3H3,(H,11,12)/t8-/m0/s1. The van der Waals surface area contributed by atoms with Gasteiger partial charge in [0.2, 0.25) is 15.9 Å². The number of carbonyl (C=O) groups is 1. The van der Waals surface area contributed by atoms with Crippen LogP contribution in [-0.4, -0.2) is 25.6 Å². The van der Waals surface area contributed by atoms with E-state index in [1.54, 1.807) is 0 Å². The van der Waals surface area contributed by atoms with Gasteiger partial charge in [-0.2, -0.15) is 0 Å². The lowest BCUT2D eigenvalue weighted by atomic mass is 10.1. The second-order valence-electron chi connectivity index (χ2n) is 3.81. The minimum absolute atomic E-state index is 0.510. The van der Waals surface area contributed by atoms with E-state index in [-0.39, 0.29) is 0 Å². The van der Waals surface area contributed by atoms with Crippen LogP contribution >= 0.6 is 0 Å². The van der Waals surface area contributed by atoms with Crippen LogP contribution in [0.1, 0.15) is 40.0 Å². The molecule has 3 N–H and O–H groups in total. The molecule has 0 heterocycles. The van der Waals surface area contributed by atoms with Crippen molar-refractivity contribution in [2.75, 3.05) is 0 Å². The Morgan fingerprint density at radius 3 is 2.33 bits per heavy atom. The highest BCUT2D eigenvalue weighted by atomic mass is 32.2. The van der Waals surface area contributed by atoms with E-state index in [0.29, 0.717) is 6.42 Å². The smallest absolute Gasteiger partial charge is 0.250 e. The Bertz CT molecular complexity index is 298. The third-order valence-corrected chi connectivity index (χ3v) is 3.80. The van der Waals surface area contributed by atoms with Gasteiger partial charge in [0.05, 0.1) is 11.3 Å². The van der Waals surface area contributed by atoms with Gasteiger partial charge in [-0.25, -0.2) is 8.42 Å². The van der Waals surface area contributed by atoms with Crippen LogP contribution in [-0.2, 0) is 14.8 Å². The summed E-state index contributed by atoms with van der Waals surface area (Å²) in [6, 6.07) is -0.738. The van der Waals surface area contributed by atoms with Gasteiger partial charge in [0.15, 0.2) is 0 Å². The van der Waals surface area contributed by atoms with Crippen LogP contribution in [0.5, 0.6) is 0 Å². The Hall–Kier alpha value is -0.620. The van der Waals surface area contributed by atoms with Crippen molar-refractivity contribution in [3.05, 3.63) is 0 Å². The second kappa shape index (κ2) is 6.07. The summed E-state index contributed by atoms with van der Waals surface area (Å²) in [6.07, 6.45) is 2.25. The predicted molar refractivity (Wildman–Crippen MR) is 59.7 cm³/mol. The van der Waals surface area contributed by atoms with Gasteiger partial charge in [0.25, 0.3) is 0 Å². The van der Waals surface area contributed by atoms with Gasteiger partial charge in [-0.15, -0.1) is 0 Å². The minimum Gasteiger partial charge on any atom is -0.320 e. The molecule has 0 aromatic heterocycles. The molecular formula is C9H20N2O3S. The number of carbonyl (C=O) groups excluding carboxylic acids is 1. The normalized spacial score (nSPS) is 13.9. The Labute approximate surface area is 91.5 Å². The number of hydrogen-bond acceptors (Lipinski definition) is 4. The van der Waals surface area contributed by atoms with Crippen molar-refractivity contribution in [3.8, 4) is 0 Å². The minimum atomic E-state index is -3.55. The number of amides is 1. The molecule has 0 spiro atoms. The van der Waals surface area contributed by atoms with Crippen LogP contribution in [0.4, 0.5) is 0 Å². The van der Waals surface area contributed by atoms with E-state index in [9.17, 15) is 13.2 Å². The van der Waals surface area contributed by atoms with Gasteiger partial charge >= 0.3 is 0 Å². The largest absolute Gasteiger partial charge is 0.320 e. The molecule has 5 nitrogen and oxygen atoms in total. The number of rotatable bonds is 6. The van der Waals surface area contributed by atoms with Crippen LogP contribution in [0.15, 0.2) is 0 Å². The van der Waals surface area contributed by atoms with E-state index < -0.39 is 27.2 Å². The van der Waals surface area contributed by atoms with Crippen molar-refractivity contribution in [1.29, 1.82) is 0 Å². The van der Waals surface area contributed by atoms with E-state index in [4.69, 9.17) is 5.73 Å². The van der Waals surface area contributed by atoms with E-state index >= 15 is 0 Å². The Balaban J connectivity index is 4.25. The molecule has 0 aliphatic rings. The average Bonchev–Trinajstić information content (AvgIpc) is 2.13. The number of sulfonamides is 1. The molecule has 6 heteroatoms. The molecule has 0 aliphatic heterocycles. The van der Waals surface area contributed by atoms with Gasteiger partial charge < -0.3 is 5.73 Å². The number of hydrogen-bond donors (Lipinski definition) is 2. The molecule has 0 radical (unpaired) electrons. The zero-order valence-electron chi connectivity index (χ0n) is 9.49. The van der Waals surface area contributed by atoms with Gasteiger partial charge in [0, 0.05) is 0 Å². The maximum atomic E-state index is 11.4. The highest BCUT2D eigenvalue weighted by Crippen LogP contribution is 2.01. The molecular weight excluding hydrogens is 216 g/mol. The molecule has 0 saturated heterocycles. The molecule has 0 unspecified atom stereocenters. The monoisotopic (exact) mass is 236 g/mol. The van der Waals surface area contributed by atoms with Crippen LogP contribution in [0, 0.1) is 0 Å². The quantitative estimate of drug-likeness (QED) is 0.696. The zero-order chi connectivity index (χ0) is 12.1. The molecule has 0 bridgehead atoms. The zero-order valence-corrected chi connectivity index (χ0v) is 10.3. The molecule has 0 aliphatic carbocycles. The summed E-state index contributed by atoms with van der Waals surface area (Å²) in [4.78, 5) is 11.4. The van der Waals surface area contributed by atoms with E-state index in [1.165, 1.54) is 13.8 Å². The third kappa shape index (κ3) is 5.13. The molecule has 0 fully saturated rings. The van der Waals surface area contributed by atoms with E-state index in [1.807, 2.05) is 11.6 Å². The van der Waals surface area contributed by atoms with Crippen molar-refractivity contribution in [1.82, 2.24) is 4.72 Å². The molecule has 1 atom stereocenters. The van der Waals surface area contributed by atoms with Crippen molar-refractivity contribution in [2.24, 2.45) is 5.73 Å². The summed E-state index contributed by atoms with van der Waals surface area (Å²) in [7, 11) is -3.55. The summed E-state index contributed by atoms with van der Waals surface area (Å²) in [5.41, 5.74) is 5.53.